The van der Waals surface area contributed by atoms with Crippen LogP contribution in [-0.4, -0.2) is 12.5 Å². The monoisotopic (exact) mass is 348 g/mol. The molecule has 0 aliphatic heterocycles. The molecule has 0 saturated carbocycles. The van der Waals surface area contributed by atoms with Crippen LogP contribution in [-0.2, 0) is 4.79 Å². The maximum absolute atomic E-state index is 12.0. The molecule has 2 aromatic rings. The third-order valence-electron chi connectivity index (χ3n) is 3.14. The molecule has 3 N–H and O–H groups in total. The van der Waals surface area contributed by atoms with E-state index in [-0.39, 0.29) is 12.5 Å². The van der Waals surface area contributed by atoms with Crippen molar-refractivity contribution in [1.82, 2.24) is 0 Å². The minimum atomic E-state index is -0.219. The minimum Gasteiger partial charge on any atom is -0.483 e. The van der Waals surface area contributed by atoms with Gasteiger partial charge in [-0.05, 0) is 53.5 Å². The van der Waals surface area contributed by atoms with Crippen molar-refractivity contribution in [2.45, 2.75) is 13.8 Å². The number of nitrogens with two attached hydrogens (primary N) is 1. The Balaban J connectivity index is 2.02. The Hall–Kier alpha value is -2.01. The lowest BCUT2D eigenvalue weighted by Gasteiger charge is -2.14. The second-order valence-electron chi connectivity index (χ2n) is 4.74. The third kappa shape index (κ3) is 3.76. The molecule has 0 fully saturated rings. The van der Waals surface area contributed by atoms with Crippen molar-refractivity contribution in [2.75, 3.05) is 17.7 Å². The lowest BCUT2D eigenvalue weighted by Crippen LogP contribution is -2.21. The van der Waals surface area contributed by atoms with E-state index in [4.69, 9.17) is 10.5 Å². The van der Waals surface area contributed by atoms with Crippen LogP contribution in [0.25, 0.3) is 0 Å². The molecule has 0 aliphatic carbocycles. The molecule has 0 bridgehead atoms. The van der Waals surface area contributed by atoms with Crippen LogP contribution in [0, 0.1) is 13.8 Å². The van der Waals surface area contributed by atoms with E-state index in [0.717, 1.165) is 15.6 Å². The number of para-hydroxylation sites is 1. The normalized spacial score (nSPS) is 10.2. The number of carbonyl (C=O) groups is 1. The van der Waals surface area contributed by atoms with Gasteiger partial charge in [0.05, 0.1) is 5.69 Å². The minimum absolute atomic E-state index is 0.0630. The highest BCUT2D eigenvalue weighted by Crippen LogP contribution is 2.27. The fraction of sp³-hybridized carbons (Fsp3) is 0.188. The Morgan fingerprint density at radius 3 is 2.67 bits per heavy atom. The number of anilines is 2. The molecule has 0 atom stereocenters. The van der Waals surface area contributed by atoms with Crippen LogP contribution >= 0.6 is 15.9 Å². The highest BCUT2D eigenvalue weighted by molar-refractivity contribution is 9.10. The SMILES string of the molecule is Cc1ccc(N)c(C)c1OCC(=O)Nc1ccccc1Br. The highest BCUT2D eigenvalue weighted by atomic mass is 79.9. The summed E-state index contributed by atoms with van der Waals surface area (Å²) in [7, 11) is 0. The van der Waals surface area contributed by atoms with E-state index < -0.39 is 0 Å². The summed E-state index contributed by atoms with van der Waals surface area (Å²) >= 11 is 3.38. The van der Waals surface area contributed by atoms with Gasteiger partial charge < -0.3 is 15.8 Å². The quantitative estimate of drug-likeness (QED) is 0.828. The zero-order valence-corrected chi connectivity index (χ0v) is 13.5. The van der Waals surface area contributed by atoms with Gasteiger partial charge in [0.25, 0.3) is 5.91 Å². The van der Waals surface area contributed by atoms with Crippen LogP contribution in [0.1, 0.15) is 11.1 Å². The average molecular weight is 349 g/mol. The molecule has 0 unspecified atom stereocenters. The van der Waals surface area contributed by atoms with Gasteiger partial charge in [-0.15, -0.1) is 0 Å². The zero-order valence-electron chi connectivity index (χ0n) is 11.9. The van der Waals surface area contributed by atoms with Gasteiger partial charge in [-0.2, -0.15) is 0 Å². The van der Waals surface area contributed by atoms with Crippen molar-refractivity contribution < 1.29 is 9.53 Å². The second-order valence-corrected chi connectivity index (χ2v) is 5.60. The van der Waals surface area contributed by atoms with Crippen molar-refractivity contribution in [3.8, 4) is 5.75 Å². The molecule has 0 aliphatic rings. The van der Waals surface area contributed by atoms with Gasteiger partial charge in [0, 0.05) is 15.7 Å². The van der Waals surface area contributed by atoms with E-state index in [0.29, 0.717) is 17.1 Å². The van der Waals surface area contributed by atoms with Crippen LogP contribution in [0.4, 0.5) is 11.4 Å². The molecule has 0 radical (unpaired) electrons. The first kappa shape index (κ1) is 15.4. The van der Waals surface area contributed by atoms with E-state index >= 15 is 0 Å². The summed E-state index contributed by atoms with van der Waals surface area (Å²) in [6.45, 7) is 3.74. The van der Waals surface area contributed by atoms with E-state index in [2.05, 4.69) is 21.2 Å². The number of halogens is 1. The molecule has 2 aromatic carbocycles. The number of carbonyl (C=O) groups excluding carboxylic acids is 1. The van der Waals surface area contributed by atoms with Gasteiger partial charge in [0.1, 0.15) is 5.75 Å². The van der Waals surface area contributed by atoms with Gasteiger partial charge >= 0.3 is 0 Å². The lowest BCUT2D eigenvalue weighted by atomic mass is 10.1. The van der Waals surface area contributed by atoms with Crippen molar-refractivity contribution in [3.05, 3.63) is 52.0 Å². The summed E-state index contributed by atoms with van der Waals surface area (Å²) in [6.07, 6.45) is 0. The Morgan fingerprint density at radius 2 is 1.95 bits per heavy atom. The maximum Gasteiger partial charge on any atom is 0.262 e. The summed E-state index contributed by atoms with van der Waals surface area (Å²) in [4.78, 5) is 12.0. The highest BCUT2D eigenvalue weighted by Gasteiger charge is 2.10. The number of hydrogen-bond acceptors (Lipinski definition) is 3. The summed E-state index contributed by atoms with van der Waals surface area (Å²) in [6, 6.07) is 11.1. The number of benzene rings is 2. The van der Waals surface area contributed by atoms with Crippen LogP contribution in [0.3, 0.4) is 0 Å². The molecule has 0 heterocycles. The Kier molecular flexibility index (Phi) is 4.85. The molecule has 110 valence electrons. The molecule has 1 amide bonds. The summed E-state index contributed by atoms with van der Waals surface area (Å²) in [5.74, 6) is 0.445. The Morgan fingerprint density at radius 1 is 1.24 bits per heavy atom. The van der Waals surface area contributed by atoms with E-state index in [1.165, 1.54) is 0 Å². The third-order valence-corrected chi connectivity index (χ3v) is 3.83. The molecule has 0 spiro atoms. The first-order chi connectivity index (χ1) is 9.99. The van der Waals surface area contributed by atoms with Crippen molar-refractivity contribution in [1.29, 1.82) is 0 Å². The molecule has 4 nitrogen and oxygen atoms in total. The zero-order chi connectivity index (χ0) is 15.4. The standard InChI is InChI=1S/C16H17BrN2O2/c1-10-7-8-13(18)11(2)16(10)21-9-15(20)19-14-6-4-3-5-12(14)17/h3-8H,9,18H2,1-2H3,(H,19,20). The van der Waals surface area contributed by atoms with Gasteiger partial charge in [0.2, 0.25) is 0 Å². The molecular weight excluding hydrogens is 332 g/mol. The largest absolute Gasteiger partial charge is 0.483 e. The number of nitrogen functional groups attached to an aromatic ring is 1. The second kappa shape index (κ2) is 6.63. The molecular formula is C16H17BrN2O2. The average Bonchev–Trinajstić information content (AvgIpc) is 2.45. The first-order valence-corrected chi connectivity index (χ1v) is 7.31. The maximum atomic E-state index is 12.0. The van der Waals surface area contributed by atoms with Gasteiger partial charge in [0.15, 0.2) is 6.61 Å². The first-order valence-electron chi connectivity index (χ1n) is 6.52. The predicted molar refractivity (Wildman–Crippen MR) is 88.6 cm³/mol. The smallest absolute Gasteiger partial charge is 0.262 e. The number of amides is 1. The number of ether oxygens (including phenoxy) is 1. The topological polar surface area (TPSA) is 64.3 Å². The van der Waals surface area contributed by atoms with Crippen molar-refractivity contribution >= 4 is 33.2 Å². The Bertz CT molecular complexity index is 671. The Labute approximate surface area is 132 Å². The fourth-order valence-electron chi connectivity index (χ4n) is 1.95. The molecule has 0 saturated heterocycles. The van der Waals surface area contributed by atoms with Gasteiger partial charge in [-0.25, -0.2) is 0 Å². The van der Waals surface area contributed by atoms with Crippen LogP contribution in [0.5, 0.6) is 5.75 Å². The van der Waals surface area contributed by atoms with E-state index in [1.807, 2.05) is 50.2 Å². The lowest BCUT2D eigenvalue weighted by molar-refractivity contribution is -0.118. The van der Waals surface area contributed by atoms with Crippen molar-refractivity contribution in [3.63, 3.8) is 0 Å². The van der Waals surface area contributed by atoms with E-state index in [1.54, 1.807) is 0 Å². The molecule has 0 aromatic heterocycles. The van der Waals surface area contributed by atoms with Gasteiger partial charge in [-0.3, -0.25) is 4.79 Å². The number of nitrogens with one attached hydrogen (secondary N) is 1. The molecule has 2 rings (SSSR count). The van der Waals surface area contributed by atoms with Crippen LogP contribution in [0.15, 0.2) is 40.9 Å². The number of hydrogen-bond donors (Lipinski definition) is 2. The molecule has 5 heteroatoms. The van der Waals surface area contributed by atoms with Crippen LogP contribution in [0.2, 0.25) is 0 Å². The van der Waals surface area contributed by atoms with Crippen molar-refractivity contribution in [2.24, 2.45) is 0 Å². The fourth-order valence-corrected chi connectivity index (χ4v) is 2.33. The number of rotatable bonds is 4. The summed E-state index contributed by atoms with van der Waals surface area (Å²) < 4.78 is 6.44. The van der Waals surface area contributed by atoms with Gasteiger partial charge in [-0.1, -0.05) is 18.2 Å². The number of aryl methyl sites for hydroxylation is 1. The van der Waals surface area contributed by atoms with E-state index in [9.17, 15) is 4.79 Å². The summed E-state index contributed by atoms with van der Waals surface area (Å²) in [5.41, 5.74) is 9.03. The molecule has 21 heavy (non-hydrogen) atoms. The van der Waals surface area contributed by atoms with Crippen LogP contribution < -0.4 is 15.8 Å². The predicted octanol–water partition coefficient (Wildman–Crippen LogP) is 3.67. The summed E-state index contributed by atoms with van der Waals surface area (Å²) in [5, 5.41) is 2.79.